The number of unbranched alkanes of at least 4 members (excludes halogenated alkanes) is 44. The molecule has 472 valence electrons. The number of aliphatic hydroxyl groups is 1. The summed E-state index contributed by atoms with van der Waals surface area (Å²) in [6.07, 6.45) is 83.5. The lowest BCUT2D eigenvalue weighted by molar-refractivity contribution is -0.870. The van der Waals surface area contributed by atoms with Gasteiger partial charge in [0, 0.05) is 6.42 Å². The van der Waals surface area contributed by atoms with Gasteiger partial charge in [-0.3, -0.25) is 9.36 Å². The summed E-state index contributed by atoms with van der Waals surface area (Å²) in [5.74, 6) is -0.157. The second-order valence-electron chi connectivity index (χ2n) is 25.2. The lowest BCUT2D eigenvalue weighted by atomic mass is 10.0. The second-order valence-corrected chi connectivity index (χ2v) is 26.6. The number of phosphoric acid groups is 1. The third-order valence-electron chi connectivity index (χ3n) is 16.1. The van der Waals surface area contributed by atoms with Crippen LogP contribution in [0.15, 0.2) is 48.6 Å². The van der Waals surface area contributed by atoms with Crippen molar-refractivity contribution in [2.24, 2.45) is 0 Å². The molecule has 9 heteroatoms. The molecule has 0 aliphatic carbocycles. The average molecular weight is 1150 g/mol. The lowest BCUT2D eigenvalue weighted by Crippen LogP contribution is -2.46. The first kappa shape index (κ1) is 78.5. The maximum absolute atomic E-state index is 13.0. The van der Waals surface area contributed by atoms with E-state index in [1.165, 1.54) is 257 Å². The van der Waals surface area contributed by atoms with Gasteiger partial charge in [0.2, 0.25) is 5.91 Å². The number of nitrogens with zero attached hydrogens (tertiary/aromatic N) is 1. The fourth-order valence-corrected chi connectivity index (χ4v) is 11.4. The van der Waals surface area contributed by atoms with Crippen molar-refractivity contribution < 1.29 is 32.9 Å². The molecule has 2 N–H and O–H groups in total. The normalized spacial score (nSPS) is 13.9. The Balaban J connectivity index is 3.85. The summed E-state index contributed by atoms with van der Waals surface area (Å²) < 4.78 is 23.5. The molecule has 0 saturated carbocycles. The summed E-state index contributed by atoms with van der Waals surface area (Å²) in [5.41, 5.74) is 0. The van der Waals surface area contributed by atoms with Gasteiger partial charge < -0.3 is 28.8 Å². The number of aliphatic hydroxyl groups excluding tert-OH is 1. The standard InChI is InChI=1S/C71H137N2O6P/c1-6-8-10-12-14-16-18-20-22-24-25-26-27-28-29-30-31-32-33-34-35-36-37-38-39-40-41-42-43-44-45-46-47-49-51-53-55-57-59-61-63-65-71(75)72-69(68-79-80(76,77)78-67-66-73(3,4)5)70(74)64-62-60-58-56-54-52-50-48-23-21-19-17-15-13-11-9-7-2/h8,10,14,16,20,22,25-26,69-70,74H,6-7,9,11-13,15,17-19,21,23-24,27-68H2,1-5H3,(H-,72,75,76,77)/b10-8-,16-14-,22-20-,26-25-. The van der Waals surface area contributed by atoms with Crippen molar-refractivity contribution >= 4 is 13.7 Å². The first-order valence-corrected chi connectivity index (χ1v) is 36.4. The maximum Gasteiger partial charge on any atom is 0.268 e. The number of phosphoric ester groups is 1. The van der Waals surface area contributed by atoms with Crippen molar-refractivity contribution in [1.29, 1.82) is 0 Å². The van der Waals surface area contributed by atoms with Crippen LogP contribution in [-0.2, 0) is 18.4 Å². The summed E-state index contributed by atoms with van der Waals surface area (Å²) >= 11 is 0. The quantitative estimate of drug-likeness (QED) is 0.0272. The minimum atomic E-state index is -4.57. The average Bonchev–Trinajstić information content (AvgIpc) is 3.42. The van der Waals surface area contributed by atoms with Crippen molar-refractivity contribution in [3.8, 4) is 0 Å². The van der Waals surface area contributed by atoms with Gasteiger partial charge in [0.25, 0.3) is 7.82 Å². The molecule has 0 saturated heterocycles. The summed E-state index contributed by atoms with van der Waals surface area (Å²) in [4.78, 5) is 25.6. The molecule has 0 aliphatic heterocycles. The molecule has 0 aromatic carbocycles. The highest BCUT2D eigenvalue weighted by atomic mass is 31.2. The maximum atomic E-state index is 13.0. The molecule has 0 aliphatic rings. The Morgan fingerprint density at radius 2 is 0.762 bits per heavy atom. The van der Waals surface area contributed by atoms with Crippen LogP contribution in [0.5, 0.6) is 0 Å². The first-order valence-electron chi connectivity index (χ1n) is 35.0. The van der Waals surface area contributed by atoms with Crippen LogP contribution in [0.1, 0.15) is 348 Å². The van der Waals surface area contributed by atoms with Crippen molar-refractivity contribution in [2.45, 2.75) is 360 Å². The van der Waals surface area contributed by atoms with Crippen molar-refractivity contribution in [1.82, 2.24) is 5.32 Å². The Kier molecular flexibility index (Phi) is 60.8. The Bertz CT molecular complexity index is 1440. The molecule has 1 amide bonds. The zero-order chi connectivity index (χ0) is 58.4. The number of hydrogen-bond donors (Lipinski definition) is 2. The van der Waals surface area contributed by atoms with Gasteiger partial charge in [-0.2, -0.15) is 0 Å². The van der Waals surface area contributed by atoms with Crippen LogP contribution in [0.25, 0.3) is 0 Å². The van der Waals surface area contributed by atoms with Crippen LogP contribution < -0.4 is 10.2 Å². The molecule has 80 heavy (non-hydrogen) atoms. The van der Waals surface area contributed by atoms with Gasteiger partial charge in [-0.25, -0.2) is 0 Å². The molecular weight excluding hydrogens is 1010 g/mol. The number of carbonyl (C=O) groups is 1. The van der Waals surface area contributed by atoms with Gasteiger partial charge in [-0.05, 0) is 51.4 Å². The Labute approximate surface area is 499 Å². The van der Waals surface area contributed by atoms with Gasteiger partial charge in [0.1, 0.15) is 13.2 Å². The molecule has 3 atom stereocenters. The number of allylic oxidation sites excluding steroid dienone is 8. The third kappa shape index (κ3) is 64.0. The number of amides is 1. The van der Waals surface area contributed by atoms with Crippen molar-refractivity contribution in [3.05, 3.63) is 48.6 Å². The molecule has 0 radical (unpaired) electrons. The van der Waals surface area contributed by atoms with E-state index in [-0.39, 0.29) is 19.1 Å². The van der Waals surface area contributed by atoms with Crippen LogP contribution in [-0.4, -0.2) is 68.5 Å². The number of likely N-dealkylation sites (N-methyl/N-ethyl adjacent to an activating group) is 1. The molecule has 8 nitrogen and oxygen atoms in total. The van der Waals surface area contributed by atoms with E-state index in [2.05, 4.69) is 67.8 Å². The fraction of sp³-hybridized carbons (Fsp3) is 0.873. The van der Waals surface area contributed by atoms with E-state index in [1.807, 2.05) is 21.1 Å². The molecule has 0 spiro atoms. The number of rotatable bonds is 65. The molecular formula is C71H137N2O6P. The highest BCUT2D eigenvalue weighted by molar-refractivity contribution is 7.45. The van der Waals surface area contributed by atoms with E-state index < -0.39 is 20.0 Å². The summed E-state index contributed by atoms with van der Waals surface area (Å²) in [7, 11) is 1.32. The van der Waals surface area contributed by atoms with E-state index in [9.17, 15) is 19.4 Å². The Morgan fingerprint density at radius 3 is 1.11 bits per heavy atom. The number of hydrogen-bond acceptors (Lipinski definition) is 6. The van der Waals surface area contributed by atoms with Gasteiger partial charge in [-0.1, -0.05) is 339 Å². The molecule has 0 aromatic rings. The zero-order valence-corrected chi connectivity index (χ0v) is 54.9. The molecule has 3 unspecified atom stereocenters. The molecule has 0 fully saturated rings. The Hall–Kier alpha value is -1.54. The van der Waals surface area contributed by atoms with Crippen LogP contribution in [0, 0.1) is 0 Å². The van der Waals surface area contributed by atoms with E-state index in [1.54, 1.807) is 0 Å². The summed E-state index contributed by atoms with van der Waals surface area (Å²) in [5, 5.41) is 14.1. The monoisotopic (exact) mass is 1150 g/mol. The molecule has 0 aromatic heterocycles. The van der Waals surface area contributed by atoms with Crippen LogP contribution >= 0.6 is 7.82 Å². The second kappa shape index (κ2) is 62.0. The van der Waals surface area contributed by atoms with Crippen LogP contribution in [0.2, 0.25) is 0 Å². The van der Waals surface area contributed by atoms with Gasteiger partial charge in [0.05, 0.1) is 39.9 Å². The number of quaternary nitrogens is 1. The molecule has 0 rings (SSSR count). The molecule has 0 heterocycles. The Morgan fingerprint density at radius 1 is 0.450 bits per heavy atom. The van der Waals surface area contributed by atoms with E-state index >= 15 is 0 Å². The van der Waals surface area contributed by atoms with E-state index in [0.29, 0.717) is 23.9 Å². The lowest BCUT2D eigenvalue weighted by Gasteiger charge is -2.30. The fourth-order valence-electron chi connectivity index (χ4n) is 10.7. The van der Waals surface area contributed by atoms with Gasteiger partial charge >= 0.3 is 0 Å². The summed E-state index contributed by atoms with van der Waals surface area (Å²) in [6, 6.07) is -0.799. The predicted molar refractivity (Wildman–Crippen MR) is 348 cm³/mol. The smallest absolute Gasteiger partial charge is 0.268 e. The highest BCUT2D eigenvalue weighted by Crippen LogP contribution is 2.38. The third-order valence-corrected chi connectivity index (χ3v) is 17.0. The van der Waals surface area contributed by atoms with Crippen LogP contribution in [0.4, 0.5) is 0 Å². The summed E-state index contributed by atoms with van der Waals surface area (Å²) in [6.45, 7) is 4.65. The minimum Gasteiger partial charge on any atom is -0.756 e. The highest BCUT2D eigenvalue weighted by Gasteiger charge is 2.24. The SMILES string of the molecule is CC/C=C\C/C=C\C/C=C\C/C=C\CCCCCCCCCCCCCCCCCCCCCCCCCCCCCCC(=O)NC(COP(=O)([O-])OCC[N+](C)(C)C)C(O)CCCCCCCCCCCCCCCCCCC. The van der Waals surface area contributed by atoms with Crippen molar-refractivity contribution in [2.75, 3.05) is 40.9 Å². The number of carbonyl (C=O) groups excluding carboxylic acids is 1. The minimum absolute atomic E-state index is 0.0147. The van der Waals surface area contributed by atoms with E-state index in [0.717, 1.165) is 64.2 Å². The van der Waals surface area contributed by atoms with E-state index in [4.69, 9.17) is 9.05 Å². The van der Waals surface area contributed by atoms with Gasteiger partial charge in [0.15, 0.2) is 0 Å². The van der Waals surface area contributed by atoms with Crippen LogP contribution in [0.3, 0.4) is 0 Å². The first-order chi connectivity index (χ1) is 39.0. The van der Waals surface area contributed by atoms with Gasteiger partial charge in [-0.15, -0.1) is 0 Å². The number of nitrogens with one attached hydrogen (secondary N) is 1. The molecule has 0 bridgehead atoms. The topological polar surface area (TPSA) is 108 Å². The largest absolute Gasteiger partial charge is 0.756 e. The predicted octanol–water partition coefficient (Wildman–Crippen LogP) is 21.6. The van der Waals surface area contributed by atoms with Crippen molar-refractivity contribution in [3.63, 3.8) is 0 Å². The zero-order valence-electron chi connectivity index (χ0n) is 54.0.